The van der Waals surface area contributed by atoms with Gasteiger partial charge in [0, 0.05) is 5.69 Å². The summed E-state index contributed by atoms with van der Waals surface area (Å²) in [5, 5.41) is 2.58. The van der Waals surface area contributed by atoms with E-state index in [0.717, 1.165) is 6.42 Å². The van der Waals surface area contributed by atoms with Gasteiger partial charge in [-0.05, 0) is 48.9 Å². The zero-order valence-electron chi connectivity index (χ0n) is 16.5. The van der Waals surface area contributed by atoms with Gasteiger partial charge < -0.3 is 24.3 Å². The minimum atomic E-state index is -0.718. The number of benzene rings is 2. The van der Waals surface area contributed by atoms with Gasteiger partial charge in [0.05, 0.1) is 26.4 Å². The molecule has 0 aliphatic carbocycles. The molecule has 1 N–H and O–H groups in total. The fraction of sp³-hybridized carbons (Fsp3) is 0.286. The van der Waals surface area contributed by atoms with E-state index in [4.69, 9.17) is 18.9 Å². The van der Waals surface area contributed by atoms with Gasteiger partial charge in [-0.25, -0.2) is 9.59 Å². The summed E-state index contributed by atoms with van der Waals surface area (Å²) in [4.78, 5) is 36.1. The lowest BCUT2D eigenvalue weighted by molar-refractivity contribution is -0.119. The molecule has 0 aliphatic rings. The van der Waals surface area contributed by atoms with Crippen molar-refractivity contribution in [2.75, 3.05) is 32.8 Å². The van der Waals surface area contributed by atoms with Crippen LogP contribution in [0.4, 0.5) is 5.69 Å². The Morgan fingerprint density at radius 2 is 1.62 bits per heavy atom. The van der Waals surface area contributed by atoms with Crippen LogP contribution in [0.25, 0.3) is 0 Å². The first-order chi connectivity index (χ1) is 14.0. The van der Waals surface area contributed by atoms with E-state index in [1.807, 2.05) is 6.92 Å². The number of anilines is 1. The molecule has 154 valence electrons. The Morgan fingerprint density at radius 1 is 0.897 bits per heavy atom. The lowest BCUT2D eigenvalue weighted by atomic mass is 10.2. The number of hydrogen-bond acceptors (Lipinski definition) is 7. The third kappa shape index (κ3) is 6.24. The molecule has 0 saturated carbocycles. The smallest absolute Gasteiger partial charge is 0.342 e. The van der Waals surface area contributed by atoms with Crippen molar-refractivity contribution in [3.8, 4) is 11.5 Å². The van der Waals surface area contributed by atoms with Crippen molar-refractivity contribution in [2.24, 2.45) is 0 Å². The van der Waals surface area contributed by atoms with Crippen molar-refractivity contribution in [3.63, 3.8) is 0 Å². The highest BCUT2D eigenvalue weighted by molar-refractivity contribution is 5.97. The van der Waals surface area contributed by atoms with E-state index in [2.05, 4.69) is 5.32 Å². The topological polar surface area (TPSA) is 100 Å². The van der Waals surface area contributed by atoms with Crippen molar-refractivity contribution < 1.29 is 33.3 Å². The van der Waals surface area contributed by atoms with Crippen LogP contribution in [0.1, 0.15) is 34.1 Å². The number of carbonyl (C=O) groups excluding carboxylic acids is 3. The first-order valence-corrected chi connectivity index (χ1v) is 8.94. The van der Waals surface area contributed by atoms with Crippen LogP contribution in [0.2, 0.25) is 0 Å². The van der Waals surface area contributed by atoms with Crippen molar-refractivity contribution >= 4 is 23.5 Å². The molecule has 0 heterocycles. The molecule has 8 nitrogen and oxygen atoms in total. The molecule has 0 atom stereocenters. The summed E-state index contributed by atoms with van der Waals surface area (Å²) in [7, 11) is 2.89. The Labute approximate surface area is 168 Å². The quantitative estimate of drug-likeness (QED) is 0.645. The third-order valence-corrected chi connectivity index (χ3v) is 3.80. The molecule has 2 aromatic carbocycles. The summed E-state index contributed by atoms with van der Waals surface area (Å²) >= 11 is 0. The lowest BCUT2D eigenvalue weighted by Gasteiger charge is -2.11. The predicted molar refractivity (Wildman–Crippen MR) is 105 cm³/mol. The maximum Gasteiger partial charge on any atom is 0.342 e. The molecule has 29 heavy (non-hydrogen) atoms. The summed E-state index contributed by atoms with van der Waals surface area (Å²) in [6, 6.07) is 10.9. The van der Waals surface area contributed by atoms with Crippen LogP contribution in [0.15, 0.2) is 42.5 Å². The number of amides is 1. The Morgan fingerprint density at radius 3 is 2.24 bits per heavy atom. The molecule has 0 spiro atoms. The SMILES string of the molecule is CCCOC(=O)c1ccc(NC(=O)COC(=O)c2cc(OC)ccc2OC)cc1. The molecule has 0 radical (unpaired) electrons. The van der Waals surface area contributed by atoms with Crippen LogP contribution in [-0.4, -0.2) is 45.3 Å². The second-order valence-corrected chi connectivity index (χ2v) is 5.90. The van der Waals surface area contributed by atoms with Crippen LogP contribution in [0.3, 0.4) is 0 Å². The summed E-state index contributed by atoms with van der Waals surface area (Å²) in [6.07, 6.45) is 0.736. The highest BCUT2D eigenvalue weighted by Crippen LogP contribution is 2.24. The van der Waals surface area contributed by atoms with Gasteiger partial charge in [0.25, 0.3) is 5.91 Å². The average Bonchev–Trinajstić information content (AvgIpc) is 2.75. The van der Waals surface area contributed by atoms with Crippen molar-refractivity contribution in [3.05, 3.63) is 53.6 Å². The van der Waals surface area contributed by atoms with E-state index < -0.39 is 24.5 Å². The Kier molecular flexibility index (Phi) is 8.02. The minimum absolute atomic E-state index is 0.148. The van der Waals surface area contributed by atoms with Gasteiger partial charge in [-0.15, -0.1) is 0 Å². The van der Waals surface area contributed by atoms with E-state index in [1.165, 1.54) is 20.3 Å². The molecule has 0 aromatic heterocycles. The second kappa shape index (κ2) is 10.7. The van der Waals surface area contributed by atoms with Crippen molar-refractivity contribution in [1.82, 2.24) is 0 Å². The molecular formula is C21H23NO7. The van der Waals surface area contributed by atoms with E-state index in [-0.39, 0.29) is 5.56 Å². The highest BCUT2D eigenvalue weighted by Gasteiger charge is 2.17. The van der Waals surface area contributed by atoms with E-state index in [1.54, 1.807) is 36.4 Å². The van der Waals surface area contributed by atoms with Gasteiger partial charge in [0.2, 0.25) is 0 Å². The first kappa shape index (κ1) is 21.7. The fourth-order valence-electron chi connectivity index (χ4n) is 2.35. The number of ether oxygens (including phenoxy) is 4. The van der Waals surface area contributed by atoms with Gasteiger partial charge in [-0.2, -0.15) is 0 Å². The highest BCUT2D eigenvalue weighted by atomic mass is 16.5. The minimum Gasteiger partial charge on any atom is -0.497 e. The predicted octanol–water partition coefficient (Wildman–Crippen LogP) is 3.07. The van der Waals surface area contributed by atoms with Crippen LogP contribution in [-0.2, 0) is 14.3 Å². The van der Waals surface area contributed by atoms with E-state index >= 15 is 0 Å². The first-order valence-electron chi connectivity index (χ1n) is 8.94. The average molecular weight is 401 g/mol. The number of methoxy groups -OCH3 is 2. The molecule has 0 aliphatic heterocycles. The Bertz CT molecular complexity index is 862. The zero-order chi connectivity index (χ0) is 21.2. The summed E-state index contributed by atoms with van der Waals surface area (Å²) in [5.41, 5.74) is 0.986. The summed E-state index contributed by atoms with van der Waals surface area (Å²) in [5.74, 6) is -0.904. The zero-order valence-corrected chi connectivity index (χ0v) is 16.5. The number of esters is 2. The molecular weight excluding hydrogens is 378 g/mol. The number of hydrogen-bond donors (Lipinski definition) is 1. The van der Waals surface area contributed by atoms with Gasteiger partial charge in [-0.1, -0.05) is 6.92 Å². The Balaban J connectivity index is 1.91. The molecule has 2 rings (SSSR count). The van der Waals surface area contributed by atoms with Crippen molar-refractivity contribution in [1.29, 1.82) is 0 Å². The monoisotopic (exact) mass is 401 g/mol. The molecule has 0 saturated heterocycles. The fourth-order valence-corrected chi connectivity index (χ4v) is 2.35. The number of carbonyl (C=O) groups is 3. The standard InChI is InChI=1S/C21H23NO7/c1-4-11-28-20(24)14-5-7-15(8-6-14)22-19(23)13-29-21(25)17-12-16(26-2)9-10-18(17)27-3/h5-10,12H,4,11,13H2,1-3H3,(H,22,23). The molecule has 0 unspecified atom stereocenters. The summed E-state index contributed by atoms with van der Waals surface area (Å²) in [6.45, 7) is 1.77. The van der Waals surface area contributed by atoms with Gasteiger partial charge in [0.15, 0.2) is 6.61 Å². The molecule has 1 amide bonds. The third-order valence-electron chi connectivity index (χ3n) is 3.80. The van der Waals surface area contributed by atoms with E-state index in [0.29, 0.717) is 29.4 Å². The number of rotatable bonds is 9. The lowest BCUT2D eigenvalue weighted by Crippen LogP contribution is -2.21. The molecule has 0 bridgehead atoms. The second-order valence-electron chi connectivity index (χ2n) is 5.90. The van der Waals surface area contributed by atoms with Crippen LogP contribution >= 0.6 is 0 Å². The van der Waals surface area contributed by atoms with Gasteiger partial charge in [-0.3, -0.25) is 4.79 Å². The molecule has 2 aromatic rings. The largest absolute Gasteiger partial charge is 0.497 e. The molecule has 0 fully saturated rings. The summed E-state index contributed by atoms with van der Waals surface area (Å²) < 4.78 is 20.3. The normalized spacial score (nSPS) is 10.0. The number of nitrogens with one attached hydrogen (secondary N) is 1. The van der Waals surface area contributed by atoms with Crippen molar-refractivity contribution in [2.45, 2.75) is 13.3 Å². The van der Waals surface area contributed by atoms with E-state index in [9.17, 15) is 14.4 Å². The van der Waals surface area contributed by atoms with Crippen LogP contribution in [0.5, 0.6) is 11.5 Å². The van der Waals surface area contributed by atoms with Crippen LogP contribution < -0.4 is 14.8 Å². The van der Waals surface area contributed by atoms with Gasteiger partial charge >= 0.3 is 11.9 Å². The van der Waals surface area contributed by atoms with Gasteiger partial charge in [0.1, 0.15) is 17.1 Å². The maximum atomic E-state index is 12.3. The Hall–Kier alpha value is -3.55. The maximum absolute atomic E-state index is 12.3. The van der Waals surface area contributed by atoms with Crippen LogP contribution in [0, 0.1) is 0 Å². The molecule has 8 heteroatoms.